The third-order valence-corrected chi connectivity index (χ3v) is 12.2. The quantitative estimate of drug-likeness (QED) is 0.442. The summed E-state index contributed by atoms with van der Waals surface area (Å²) in [5.74, 6) is -1.42. The minimum atomic E-state index is -2.74. The number of hydrogen-bond donors (Lipinski definition) is 0. The Morgan fingerprint density at radius 1 is 0.865 bits per heavy atom. The molecule has 2 saturated heterocycles. The van der Waals surface area contributed by atoms with E-state index in [9.17, 15) is 0 Å². The van der Waals surface area contributed by atoms with Gasteiger partial charge in [-0.3, -0.25) is 0 Å². The second kappa shape index (κ2) is 10.9. The van der Waals surface area contributed by atoms with Crippen molar-refractivity contribution in [3.63, 3.8) is 0 Å². The van der Waals surface area contributed by atoms with E-state index in [1.54, 1.807) is 0 Å². The Morgan fingerprint density at radius 3 is 1.89 bits per heavy atom. The SMILES string of the molecule is CCO[C@@H](CO[Si](c1ccccc1)(c1ccccc1)C(C)(C)C)[C@H]1OC(C)(C)O[C@@H]1[C@H]1COC(C)(C)O1. The van der Waals surface area contributed by atoms with Crippen molar-refractivity contribution in [2.24, 2.45) is 0 Å². The molecule has 0 radical (unpaired) electrons. The van der Waals surface area contributed by atoms with Gasteiger partial charge in [0.25, 0.3) is 8.32 Å². The summed E-state index contributed by atoms with van der Waals surface area (Å²) >= 11 is 0. The first-order valence-electron chi connectivity index (χ1n) is 13.4. The average Bonchev–Trinajstić information content (AvgIpc) is 3.37. The lowest BCUT2D eigenvalue weighted by Gasteiger charge is -2.44. The van der Waals surface area contributed by atoms with Gasteiger partial charge >= 0.3 is 0 Å². The highest BCUT2D eigenvalue weighted by Gasteiger charge is 2.55. The maximum absolute atomic E-state index is 7.22. The Balaban J connectivity index is 1.69. The first kappa shape index (κ1) is 28.4. The molecular weight excluding hydrogens is 484 g/mol. The van der Waals surface area contributed by atoms with Gasteiger partial charge in [0.05, 0.1) is 13.2 Å². The summed E-state index contributed by atoms with van der Waals surface area (Å²) in [5, 5.41) is 2.34. The lowest BCUT2D eigenvalue weighted by Crippen LogP contribution is -2.67. The summed E-state index contributed by atoms with van der Waals surface area (Å²) in [6.45, 7) is 17.9. The van der Waals surface area contributed by atoms with Gasteiger partial charge in [0.1, 0.15) is 24.4 Å². The van der Waals surface area contributed by atoms with Crippen molar-refractivity contribution in [3.8, 4) is 0 Å². The van der Waals surface area contributed by atoms with Gasteiger partial charge in [-0.1, -0.05) is 81.4 Å². The molecule has 0 aromatic heterocycles. The van der Waals surface area contributed by atoms with E-state index in [-0.39, 0.29) is 29.5 Å². The minimum Gasteiger partial charge on any atom is -0.405 e. The molecule has 204 valence electrons. The smallest absolute Gasteiger partial charge is 0.261 e. The lowest BCUT2D eigenvalue weighted by molar-refractivity contribution is -0.176. The topological polar surface area (TPSA) is 55.4 Å². The van der Waals surface area contributed by atoms with Crippen LogP contribution < -0.4 is 10.4 Å². The highest BCUT2D eigenvalue weighted by molar-refractivity contribution is 6.99. The van der Waals surface area contributed by atoms with Crippen LogP contribution >= 0.6 is 0 Å². The van der Waals surface area contributed by atoms with E-state index in [1.165, 1.54) is 10.4 Å². The van der Waals surface area contributed by atoms with Gasteiger partial charge in [-0.15, -0.1) is 0 Å². The molecule has 6 nitrogen and oxygen atoms in total. The molecule has 2 aliphatic heterocycles. The normalized spacial score (nSPS) is 26.3. The predicted molar refractivity (Wildman–Crippen MR) is 148 cm³/mol. The number of rotatable bonds is 9. The molecule has 2 fully saturated rings. The molecule has 0 amide bonds. The highest BCUT2D eigenvalue weighted by atomic mass is 28.4. The van der Waals surface area contributed by atoms with Crippen molar-refractivity contribution in [3.05, 3.63) is 60.7 Å². The molecule has 0 bridgehead atoms. The van der Waals surface area contributed by atoms with E-state index in [0.29, 0.717) is 19.8 Å². The standard InChI is InChI=1S/C30H44O6Si/c1-9-31-24(26-27(36-30(7,8)35-26)25-20-32-29(5,6)34-25)21-33-37(28(2,3)4,22-16-12-10-13-17-22)23-18-14-11-15-19-23/h10-19,24-27H,9,20-21H2,1-8H3/t24-,25+,26+,27+/m0/s1. The zero-order chi connectivity index (χ0) is 26.9. The lowest BCUT2D eigenvalue weighted by atomic mass is 10.0. The van der Waals surface area contributed by atoms with Gasteiger partial charge in [0.2, 0.25) is 0 Å². The maximum atomic E-state index is 7.22. The summed E-state index contributed by atoms with van der Waals surface area (Å²) in [5.41, 5.74) is 0. The van der Waals surface area contributed by atoms with E-state index in [2.05, 4.69) is 81.4 Å². The molecule has 0 saturated carbocycles. The molecule has 2 heterocycles. The van der Waals surface area contributed by atoms with Crippen LogP contribution in [0.25, 0.3) is 0 Å². The van der Waals surface area contributed by atoms with Gasteiger partial charge in [0, 0.05) is 6.61 Å². The van der Waals surface area contributed by atoms with E-state index >= 15 is 0 Å². The molecule has 0 N–H and O–H groups in total. The molecule has 0 aliphatic carbocycles. The number of benzene rings is 2. The fourth-order valence-electron chi connectivity index (χ4n) is 5.69. The van der Waals surface area contributed by atoms with Crippen molar-refractivity contribution in [2.75, 3.05) is 19.8 Å². The molecule has 4 atom stereocenters. The van der Waals surface area contributed by atoms with Crippen LogP contribution in [0.15, 0.2) is 60.7 Å². The zero-order valence-corrected chi connectivity index (χ0v) is 24.7. The van der Waals surface area contributed by atoms with Crippen LogP contribution in [0.5, 0.6) is 0 Å². The Kier molecular flexibility index (Phi) is 8.36. The van der Waals surface area contributed by atoms with Crippen molar-refractivity contribution < 1.29 is 28.1 Å². The van der Waals surface area contributed by atoms with Crippen molar-refractivity contribution in [2.45, 2.75) is 96.4 Å². The molecule has 0 unspecified atom stereocenters. The minimum absolute atomic E-state index is 0.134. The average molecular weight is 529 g/mol. The Labute approximate surface area is 223 Å². The molecule has 2 aromatic rings. The maximum Gasteiger partial charge on any atom is 0.261 e. The van der Waals surface area contributed by atoms with Crippen LogP contribution in [0.4, 0.5) is 0 Å². The molecule has 0 spiro atoms. The van der Waals surface area contributed by atoms with Crippen LogP contribution in [-0.2, 0) is 28.1 Å². The highest BCUT2D eigenvalue weighted by Crippen LogP contribution is 2.40. The van der Waals surface area contributed by atoms with Crippen molar-refractivity contribution >= 4 is 18.7 Å². The van der Waals surface area contributed by atoms with Crippen molar-refractivity contribution in [1.82, 2.24) is 0 Å². The Hall–Kier alpha value is -1.58. The summed E-state index contributed by atoms with van der Waals surface area (Å²) in [6.07, 6.45) is -1.30. The Bertz CT molecular complexity index is 964. The number of ether oxygens (including phenoxy) is 5. The van der Waals surface area contributed by atoms with Gasteiger partial charge < -0.3 is 28.1 Å². The Morgan fingerprint density at radius 2 is 1.43 bits per heavy atom. The van der Waals surface area contributed by atoms with Gasteiger partial charge in [-0.2, -0.15) is 0 Å². The first-order chi connectivity index (χ1) is 17.4. The zero-order valence-electron chi connectivity index (χ0n) is 23.7. The summed E-state index contributed by atoms with van der Waals surface area (Å²) in [4.78, 5) is 0. The second-order valence-corrected chi connectivity index (χ2v) is 16.2. The van der Waals surface area contributed by atoms with E-state index < -0.39 is 19.9 Å². The van der Waals surface area contributed by atoms with E-state index in [4.69, 9.17) is 28.1 Å². The second-order valence-electron chi connectivity index (χ2n) is 11.9. The molecule has 7 heteroatoms. The third-order valence-electron chi connectivity index (χ3n) is 7.19. The summed E-state index contributed by atoms with van der Waals surface area (Å²) in [6, 6.07) is 21.3. The summed E-state index contributed by atoms with van der Waals surface area (Å²) in [7, 11) is -2.74. The van der Waals surface area contributed by atoms with Crippen LogP contribution in [-0.4, -0.2) is 64.1 Å². The van der Waals surface area contributed by atoms with Gasteiger partial charge in [-0.05, 0) is 50.0 Å². The van der Waals surface area contributed by atoms with Crippen LogP contribution in [0, 0.1) is 0 Å². The largest absolute Gasteiger partial charge is 0.405 e. The molecule has 4 rings (SSSR count). The monoisotopic (exact) mass is 528 g/mol. The molecular formula is C30H44O6Si. The van der Waals surface area contributed by atoms with Gasteiger partial charge in [-0.25, -0.2) is 0 Å². The van der Waals surface area contributed by atoms with Crippen molar-refractivity contribution in [1.29, 1.82) is 0 Å². The predicted octanol–water partition coefficient (Wildman–Crippen LogP) is 4.64. The first-order valence-corrected chi connectivity index (χ1v) is 15.3. The molecule has 2 aliphatic rings. The fourth-order valence-corrected chi connectivity index (χ4v) is 10.3. The molecule has 37 heavy (non-hydrogen) atoms. The fraction of sp³-hybridized carbons (Fsp3) is 0.600. The van der Waals surface area contributed by atoms with E-state index in [1.807, 2.05) is 34.6 Å². The third kappa shape index (κ3) is 6.03. The molecule has 2 aromatic carbocycles. The van der Waals surface area contributed by atoms with Crippen LogP contribution in [0.3, 0.4) is 0 Å². The van der Waals surface area contributed by atoms with Gasteiger partial charge in [0.15, 0.2) is 11.6 Å². The summed E-state index contributed by atoms with van der Waals surface area (Å²) < 4.78 is 38.5. The van der Waals surface area contributed by atoms with Crippen LogP contribution in [0.1, 0.15) is 55.4 Å². The van der Waals surface area contributed by atoms with Crippen LogP contribution in [0.2, 0.25) is 5.04 Å². The van der Waals surface area contributed by atoms with E-state index in [0.717, 1.165) is 0 Å². The number of hydrogen-bond acceptors (Lipinski definition) is 6.